The Balaban J connectivity index is 2.43. The van der Waals surface area contributed by atoms with Gasteiger partial charge in [-0.15, -0.1) is 0 Å². The van der Waals surface area contributed by atoms with Crippen LogP contribution in [0.2, 0.25) is 0 Å². The average Bonchev–Trinajstić information content (AvgIpc) is 2.70. The summed E-state index contributed by atoms with van der Waals surface area (Å²) in [5.74, 6) is 0. The van der Waals surface area contributed by atoms with Gasteiger partial charge < -0.3 is 14.6 Å². The SMILES string of the molecule is OC(CBr)C(O)c1coc2ccccc12. The van der Waals surface area contributed by atoms with E-state index >= 15 is 0 Å². The molecule has 2 rings (SSSR count). The second-order valence-electron chi connectivity index (χ2n) is 3.35. The van der Waals surface area contributed by atoms with Crippen LogP contribution >= 0.6 is 15.9 Å². The summed E-state index contributed by atoms with van der Waals surface area (Å²) in [4.78, 5) is 0. The highest BCUT2D eigenvalue weighted by molar-refractivity contribution is 9.09. The highest BCUT2D eigenvalue weighted by Gasteiger charge is 2.21. The first kappa shape index (κ1) is 10.7. The van der Waals surface area contributed by atoms with E-state index in [-0.39, 0.29) is 0 Å². The van der Waals surface area contributed by atoms with Crippen molar-refractivity contribution < 1.29 is 14.6 Å². The van der Waals surface area contributed by atoms with E-state index in [4.69, 9.17) is 4.42 Å². The summed E-state index contributed by atoms with van der Waals surface area (Å²) in [6.45, 7) is 0. The van der Waals surface area contributed by atoms with Gasteiger partial charge in [0.15, 0.2) is 0 Å². The smallest absolute Gasteiger partial charge is 0.134 e. The quantitative estimate of drug-likeness (QED) is 0.841. The minimum atomic E-state index is -0.923. The third-order valence-electron chi connectivity index (χ3n) is 2.35. The molecule has 2 atom stereocenters. The molecule has 0 aliphatic carbocycles. The number of benzene rings is 1. The maximum atomic E-state index is 9.84. The van der Waals surface area contributed by atoms with Crippen LogP contribution < -0.4 is 0 Å². The van der Waals surface area contributed by atoms with Crippen LogP contribution in [0.5, 0.6) is 0 Å². The molecule has 0 aliphatic heterocycles. The van der Waals surface area contributed by atoms with E-state index in [0.29, 0.717) is 16.5 Å². The molecule has 0 bridgehead atoms. The van der Waals surface area contributed by atoms with Crippen molar-refractivity contribution in [2.75, 3.05) is 5.33 Å². The van der Waals surface area contributed by atoms with Crippen LogP contribution in [0.3, 0.4) is 0 Å². The zero-order chi connectivity index (χ0) is 10.8. The average molecular weight is 271 g/mol. The highest BCUT2D eigenvalue weighted by atomic mass is 79.9. The van der Waals surface area contributed by atoms with E-state index in [1.807, 2.05) is 24.3 Å². The van der Waals surface area contributed by atoms with Gasteiger partial charge in [0.1, 0.15) is 11.7 Å². The fraction of sp³-hybridized carbons (Fsp3) is 0.273. The van der Waals surface area contributed by atoms with Gasteiger partial charge in [0, 0.05) is 16.3 Å². The summed E-state index contributed by atoms with van der Waals surface area (Å²) >= 11 is 3.12. The van der Waals surface area contributed by atoms with Gasteiger partial charge in [-0.3, -0.25) is 0 Å². The Morgan fingerprint density at radius 3 is 2.73 bits per heavy atom. The molecule has 0 saturated carbocycles. The van der Waals surface area contributed by atoms with Crippen LogP contribution in [-0.2, 0) is 0 Å². The molecule has 0 fully saturated rings. The first-order chi connectivity index (χ1) is 7.24. The van der Waals surface area contributed by atoms with E-state index in [9.17, 15) is 10.2 Å². The third kappa shape index (κ3) is 1.93. The van der Waals surface area contributed by atoms with Crippen LogP contribution in [0.25, 0.3) is 11.0 Å². The lowest BCUT2D eigenvalue weighted by Crippen LogP contribution is -2.19. The molecule has 1 aromatic heterocycles. The molecule has 4 heteroatoms. The van der Waals surface area contributed by atoms with Crippen molar-refractivity contribution in [3.63, 3.8) is 0 Å². The van der Waals surface area contributed by atoms with Crippen LogP contribution in [0.4, 0.5) is 0 Å². The van der Waals surface area contributed by atoms with Gasteiger partial charge in [0.25, 0.3) is 0 Å². The zero-order valence-corrected chi connectivity index (χ0v) is 9.52. The standard InChI is InChI=1S/C11H11BrO3/c12-5-9(13)11(14)8-6-15-10-4-2-1-3-7(8)10/h1-4,6,9,11,13-14H,5H2. The lowest BCUT2D eigenvalue weighted by atomic mass is 10.0. The Hall–Kier alpha value is -0.840. The Labute approximate surface area is 95.5 Å². The third-order valence-corrected chi connectivity index (χ3v) is 3.02. The van der Waals surface area contributed by atoms with Crippen molar-refractivity contribution in [3.8, 4) is 0 Å². The van der Waals surface area contributed by atoms with Gasteiger partial charge in [0.2, 0.25) is 0 Å². The number of aliphatic hydroxyl groups excluding tert-OH is 2. The number of hydrogen-bond acceptors (Lipinski definition) is 3. The topological polar surface area (TPSA) is 53.6 Å². The molecular formula is C11H11BrO3. The number of aliphatic hydroxyl groups is 2. The molecule has 15 heavy (non-hydrogen) atoms. The van der Waals surface area contributed by atoms with Gasteiger partial charge in [-0.25, -0.2) is 0 Å². The minimum Gasteiger partial charge on any atom is -0.464 e. The second kappa shape index (κ2) is 4.35. The van der Waals surface area contributed by atoms with Crippen molar-refractivity contribution in [1.29, 1.82) is 0 Å². The maximum absolute atomic E-state index is 9.84. The summed E-state index contributed by atoms with van der Waals surface area (Å²) in [7, 11) is 0. The van der Waals surface area contributed by atoms with E-state index < -0.39 is 12.2 Å². The number of hydrogen-bond donors (Lipinski definition) is 2. The lowest BCUT2D eigenvalue weighted by Gasteiger charge is -2.13. The molecule has 0 spiro atoms. The largest absolute Gasteiger partial charge is 0.464 e. The van der Waals surface area contributed by atoms with Gasteiger partial charge in [-0.1, -0.05) is 34.1 Å². The number of halogens is 1. The number of furan rings is 1. The predicted molar refractivity (Wildman–Crippen MR) is 61.0 cm³/mol. The Kier molecular flexibility index (Phi) is 3.09. The van der Waals surface area contributed by atoms with Crippen molar-refractivity contribution in [3.05, 3.63) is 36.1 Å². The fourth-order valence-electron chi connectivity index (χ4n) is 1.52. The Morgan fingerprint density at radius 2 is 2.00 bits per heavy atom. The number of fused-ring (bicyclic) bond motifs is 1. The summed E-state index contributed by atoms with van der Waals surface area (Å²) in [5.41, 5.74) is 1.34. The zero-order valence-electron chi connectivity index (χ0n) is 7.93. The summed E-state index contributed by atoms with van der Waals surface area (Å²) in [6, 6.07) is 7.42. The molecular weight excluding hydrogens is 260 g/mol. The molecule has 0 aliphatic rings. The van der Waals surface area contributed by atoms with Gasteiger partial charge in [0.05, 0.1) is 12.4 Å². The molecule has 0 amide bonds. The summed E-state index contributed by atoms with van der Waals surface area (Å²) in [6.07, 6.45) is -0.264. The maximum Gasteiger partial charge on any atom is 0.134 e. The molecule has 2 N–H and O–H groups in total. The van der Waals surface area contributed by atoms with Crippen molar-refractivity contribution in [2.45, 2.75) is 12.2 Å². The molecule has 1 heterocycles. The van der Waals surface area contributed by atoms with Gasteiger partial charge in [-0.05, 0) is 6.07 Å². The molecule has 1 aromatic carbocycles. The first-order valence-electron chi connectivity index (χ1n) is 4.62. The van der Waals surface area contributed by atoms with E-state index in [2.05, 4.69) is 15.9 Å². The monoisotopic (exact) mass is 270 g/mol. The van der Waals surface area contributed by atoms with Crippen molar-refractivity contribution in [1.82, 2.24) is 0 Å². The first-order valence-corrected chi connectivity index (χ1v) is 5.74. The number of rotatable bonds is 3. The number of alkyl halides is 1. The minimum absolute atomic E-state index is 0.327. The van der Waals surface area contributed by atoms with Gasteiger partial charge >= 0.3 is 0 Å². The normalized spacial score (nSPS) is 15.4. The summed E-state index contributed by atoms with van der Waals surface area (Å²) in [5, 5.41) is 20.5. The molecule has 0 radical (unpaired) electrons. The Bertz CT molecular complexity index is 452. The Morgan fingerprint density at radius 1 is 1.27 bits per heavy atom. The molecule has 2 aromatic rings. The molecule has 3 nitrogen and oxygen atoms in total. The second-order valence-corrected chi connectivity index (χ2v) is 4.00. The van der Waals surface area contributed by atoms with E-state index in [1.165, 1.54) is 6.26 Å². The van der Waals surface area contributed by atoms with Gasteiger partial charge in [-0.2, -0.15) is 0 Å². The number of para-hydroxylation sites is 1. The van der Waals surface area contributed by atoms with Crippen LogP contribution in [0, 0.1) is 0 Å². The van der Waals surface area contributed by atoms with Crippen molar-refractivity contribution in [2.24, 2.45) is 0 Å². The highest BCUT2D eigenvalue weighted by Crippen LogP contribution is 2.28. The molecule has 0 saturated heterocycles. The fourth-order valence-corrected chi connectivity index (χ4v) is 1.87. The lowest BCUT2D eigenvalue weighted by molar-refractivity contribution is 0.0347. The summed E-state index contributed by atoms with van der Waals surface area (Å²) < 4.78 is 5.28. The molecule has 80 valence electrons. The van der Waals surface area contributed by atoms with Crippen LogP contribution in [-0.4, -0.2) is 21.6 Å². The van der Waals surface area contributed by atoms with Crippen LogP contribution in [0.15, 0.2) is 34.9 Å². The van der Waals surface area contributed by atoms with Crippen molar-refractivity contribution >= 4 is 26.9 Å². The van der Waals surface area contributed by atoms with E-state index in [0.717, 1.165) is 5.39 Å². The molecule has 2 unspecified atom stereocenters. The predicted octanol–water partition coefficient (Wildman–Crippen LogP) is 2.22. The van der Waals surface area contributed by atoms with Crippen LogP contribution in [0.1, 0.15) is 11.7 Å². The van der Waals surface area contributed by atoms with E-state index in [1.54, 1.807) is 0 Å².